The molecule has 18 heavy (non-hydrogen) atoms. The van der Waals surface area contributed by atoms with E-state index in [-0.39, 0.29) is 12.4 Å². The van der Waals surface area contributed by atoms with Gasteiger partial charge in [0.25, 0.3) is 0 Å². The summed E-state index contributed by atoms with van der Waals surface area (Å²) in [5.74, 6) is 0. The van der Waals surface area contributed by atoms with Crippen molar-refractivity contribution in [2.24, 2.45) is 0 Å². The van der Waals surface area contributed by atoms with Crippen molar-refractivity contribution in [3.05, 3.63) is 24.3 Å². The predicted molar refractivity (Wildman–Crippen MR) is 74.4 cm³/mol. The van der Waals surface area contributed by atoms with Crippen molar-refractivity contribution in [3.8, 4) is 0 Å². The van der Waals surface area contributed by atoms with Crippen LogP contribution < -0.4 is 5.73 Å². The van der Waals surface area contributed by atoms with Gasteiger partial charge in [-0.25, -0.2) is 8.42 Å². The molecule has 0 amide bonds. The van der Waals surface area contributed by atoms with Gasteiger partial charge in [0.2, 0.25) is 10.0 Å². The fraction of sp³-hybridized carbons (Fsp3) is 0.455. The Morgan fingerprint density at radius 3 is 2.06 bits per heavy atom. The summed E-state index contributed by atoms with van der Waals surface area (Å²) in [7, 11) is -1.36. The van der Waals surface area contributed by atoms with E-state index in [1.165, 1.54) is 4.31 Å². The van der Waals surface area contributed by atoms with Crippen molar-refractivity contribution in [1.29, 1.82) is 0 Å². The van der Waals surface area contributed by atoms with Gasteiger partial charge in [-0.2, -0.15) is 4.31 Å². The molecule has 1 fully saturated rings. The molecule has 0 aromatic heterocycles. The average molecular weight is 292 g/mol. The van der Waals surface area contributed by atoms with Gasteiger partial charge in [-0.05, 0) is 31.3 Å². The average Bonchev–Trinajstić information content (AvgIpc) is 2.30. The number of halogens is 1. The molecule has 1 aliphatic heterocycles. The van der Waals surface area contributed by atoms with E-state index in [9.17, 15) is 8.42 Å². The Bertz CT molecular complexity index is 482. The molecule has 2 rings (SSSR count). The first kappa shape index (κ1) is 15.2. The third-order valence-electron chi connectivity index (χ3n) is 2.98. The number of rotatable bonds is 2. The fourth-order valence-electron chi connectivity index (χ4n) is 1.82. The van der Waals surface area contributed by atoms with Crippen LogP contribution in [0.3, 0.4) is 0 Å². The van der Waals surface area contributed by atoms with Crippen molar-refractivity contribution in [3.63, 3.8) is 0 Å². The standard InChI is InChI=1S/C11H17N3O2S.ClH/c1-13-6-8-14(9-7-13)17(15,16)11-4-2-10(12)3-5-11;/h2-5H,6-9,12H2,1H3;1H. The van der Waals surface area contributed by atoms with E-state index in [0.29, 0.717) is 23.7 Å². The zero-order valence-electron chi connectivity index (χ0n) is 10.2. The molecular weight excluding hydrogens is 274 g/mol. The summed E-state index contributed by atoms with van der Waals surface area (Å²) in [6.07, 6.45) is 0. The third kappa shape index (κ3) is 3.14. The van der Waals surface area contributed by atoms with Crippen molar-refractivity contribution in [2.45, 2.75) is 4.90 Å². The van der Waals surface area contributed by atoms with E-state index < -0.39 is 10.0 Å². The Morgan fingerprint density at radius 2 is 1.56 bits per heavy atom. The molecule has 5 nitrogen and oxygen atoms in total. The van der Waals surface area contributed by atoms with Crippen LogP contribution in [0.1, 0.15) is 0 Å². The Morgan fingerprint density at radius 1 is 1.06 bits per heavy atom. The molecule has 0 unspecified atom stereocenters. The van der Waals surface area contributed by atoms with Crippen LogP contribution in [0.2, 0.25) is 0 Å². The minimum atomic E-state index is -3.35. The van der Waals surface area contributed by atoms with E-state index in [1.54, 1.807) is 24.3 Å². The highest BCUT2D eigenvalue weighted by atomic mass is 35.5. The van der Waals surface area contributed by atoms with Crippen LogP contribution in [0, 0.1) is 0 Å². The molecular formula is C11H18ClN3O2S. The first-order chi connectivity index (χ1) is 8.00. The molecule has 0 bridgehead atoms. The van der Waals surface area contributed by atoms with E-state index in [1.807, 2.05) is 7.05 Å². The number of nitrogen functional groups attached to an aromatic ring is 1. The summed E-state index contributed by atoms with van der Waals surface area (Å²) < 4.78 is 26.1. The van der Waals surface area contributed by atoms with Crippen molar-refractivity contribution in [1.82, 2.24) is 9.21 Å². The maximum absolute atomic E-state index is 12.3. The summed E-state index contributed by atoms with van der Waals surface area (Å²) in [6.45, 7) is 2.63. The molecule has 1 aromatic rings. The van der Waals surface area contributed by atoms with Gasteiger partial charge in [-0.15, -0.1) is 12.4 Å². The van der Waals surface area contributed by atoms with E-state index in [4.69, 9.17) is 5.73 Å². The lowest BCUT2D eigenvalue weighted by Gasteiger charge is -2.31. The molecule has 0 aliphatic carbocycles. The second kappa shape index (κ2) is 5.88. The van der Waals surface area contributed by atoms with E-state index in [2.05, 4.69) is 4.90 Å². The van der Waals surface area contributed by atoms with Crippen LogP contribution in [0.4, 0.5) is 5.69 Å². The smallest absolute Gasteiger partial charge is 0.243 e. The Kier molecular flexibility index (Phi) is 4.98. The molecule has 2 N–H and O–H groups in total. The van der Waals surface area contributed by atoms with E-state index >= 15 is 0 Å². The van der Waals surface area contributed by atoms with Gasteiger partial charge in [0, 0.05) is 31.9 Å². The second-order valence-corrected chi connectivity index (χ2v) is 6.21. The molecule has 0 radical (unpaired) electrons. The molecule has 1 aromatic carbocycles. The number of anilines is 1. The fourth-order valence-corrected chi connectivity index (χ4v) is 3.24. The van der Waals surface area contributed by atoms with Gasteiger partial charge < -0.3 is 10.6 Å². The lowest BCUT2D eigenvalue weighted by molar-refractivity contribution is 0.222. The zero-order chi connectivity index (χ0) is 12.5. The van der Waals surface area contributed by atoms with Gasteiger partial charge >= 0.3 is 0 Å². The Balaban J connectivity index is 0.00000162. The van der Waals surface area contributed by atoms with Crippen molar-refractivity contribution in [2.75, 3.05) is 39.0 Å². The zero-order valence-corrected chi connectivity index (χ0v) is 11.9. The molecule has 1 saturated heterocycles. The number of hydrogen-bond acceptors (Lipinski definition) is 4. The van der Waals surface area contributed by atoms with Gasteiger partial charge in [0.15, 0.2) is 0 Å². The van der Waals surface area contributed by atoms with E-state index in [0.717, 1.165) is 13.1 Å². The van der Waals surface area contributed by atoms with Gasteiger partial charge in [-0.3, -0.25) is 0 Å². The number of nitrogens with zero attached hydrogens (tertiary/aromatic N) is 2. The molecule has 1 heterocycles. The van der Waals surface area contributed by atoms with Crippen LogP contribution in [-0.4, -0.2) is 50.8 Å². The minimum Gasteiger partial charge on any atom is -0.399 e. The summed E-state index contributed by atoms with van der Waals surface area (Å²) in [6, 6.07) is 6.35. The van der Waals surface area contributed by atoms with Crippen LogP contribution in [0.5, 0.6) is 0 Å². The quantitative estimate of drug-likeness (QED) is 0.812. The lowest BCUT2D eigenvalue weighted by Crippen LogP contribution is -2.46. The number of sulfonamides is 1. The Labute approximate surface area is 114 Å². The molecule has 0 atom stereocenters. The normalized spacial score (nSPS) is 18.3. The maximum atomic E-state index is 12.3. The Hall–Kier alpha value is -0.820. The van der Waals surface area contributed by atoms with Crippen LogP contribution in [-0.2, 0) is 10.0 Å². The lowest BCUT2D eigenvalue weighted by atomic mass is 10.3. The van der Waals surface area contributed by atoms with Gasteiger partial charge in [0.1, 0.15) is 0 Å². The molecule has 0 saturated carbocycles. The first-order valence-electron chi connectivity index (χ1n) is 5.54. The third-order valence-corrected chi connectivity index (χ3v) is 4.89. The number of nitrogens with two attached hydrogens (primary N) is 1. The molecule has 1 aliphatic rings. The second-order valence-electron chi connectivity index (χ2n) is 4.28. The highest BCUT2D eigenvalue weighted by molar-refractivity contribution is 7.89. The largest absolute Gasteiger partial charge is 0.399 e. The highest BCUT2D eigenvalue weighted by Gasteiger charge is 2.27. The molecule has 0 spiro atoms. The highest BCUT2D eigenvalue weighted by Crippen LogP contribution is 2.18. The number of benzene rings is 1. The number of piperazine rings is 1. The summed E-state index contributed by atoms with van der Waals surface area (Å²) in [5.41, 5.74) is 6.12. The van der Waals surface area contributed by atoms with Crippen LogP contribution in [0.25, 0.3) is 0 Å². The van der Waals surface area contributed by atoms with Gasteiger partial charge in [0.05, 0.1) is 4.90 Å². The van der Waals surface area contributed by atoms with Crippen LogP contribution in [0.15, 0.2) is 29.2 Å². The van der Waals surface area contributed by atoms with Gasteiger partial charge in [-0.1, -0.05) is 0 Å². The monoisotopic (exact) mass is 291 g/mol. The summed E-state index contributed by atoms with van der Waals surface area (Å²) in [5, 5.41) is 0. The first-order valence-corrected chi connectivity index (χ1v) is 6.98. The van der Waals surface area contributed by atoms with Crippen molar-refractivity contribution < 1.29 is 8.42 Å². The number of hydrogen-bond donors (Lipinski definition) is 1. The van der Waals surface area contributed by atoms with Crippen LogP contribution >= 0.6 is 12.4 Å². The maximum Gasteiger partial charge on any atom is 0.243 e. The minimum absolute atomic E-state index is 0. The molecule has 7 heteroatoms. The SMILES string of the molecule is CN1CCN(S(=O)(=O)c2ccc(N)cc2)CC1.Cl. The molecule has 102 valence electrons. The predicted octanol–water partition coefficient (Wildman–Crippen LogP) is 0.627. The number of likely N-dealkylation sites (N-methyl/N-ethyl adjacent to an activating group) is 1. The van der Waals surface area contributed by atoms with Crippen molar-refractivity contribution >= 4 is 28.1 Å². The topological polar surface area (TPSA) is 66.6 Å². The summed E-state index contributed by atoms with van der Waals surface area (Å²) in [4.78, 5) is 2.44. The summed E-state index contributed by atoms with van der Waals surface area (Å²) >= 11 is 0.